The average molecular weight is 439 g/mol. The third-order valence-electron chi connectivity index (χ3n) is 5.30. The molecular formula is C22H23ClN6O2. The largest absolute Gasteiger partial charge is 0.333 e. The van der Waals surface area contributed by atoms with Crippen molar-refractivity contribution in [2.24, 2.45) is 0 Å². The number of pyridine rings is 1. The Hall–Kier alpha value is -3.26. The Morgan fingerprint density at radius 3 is 2.55 bits per heavy atom. The molecule has 0 N–H and O–H groups in total. The van der Waals surface area contributed by atoms with Crippen molar-refractivity contribution < 1.29 is 9.59 Å². The van der Waals surface area contributed by atoms with Crippen molar-refractivity contribution in [1.82, 2.24) is 29.5 Å². The fraction of sp³-hybridized carbons (Fsp3) is 0.318. The van der Waals surface area contributed by atoms with Crippen LogP contribution in [0.5, 0.6) is 0 Å². The Morgan fingerprint density at radius 2 is 1.84 bits per heavy atom. The molecule has 0 spiro atoms. The molecule has 3 aromatic rings. The highest BCUT2D eigenvalue weighted by atomic mass is 35.5. The summed E-state index contributed by atoms with van der Waals surface area (Å²) in [4.78, 5) is 38.1. The third-order valence-corrected chi connectivity index (χ3v) is 5.53. The SMILES string of the molecule is Cc1cccc(C(=O)N2CCN(C(=O)c3ncn(-c4cccc(Cl)c4)n3)C(C)(C)C2)n1. The van der Waals surface area contributed by atoms with E-state index < -0.39 is 5.54 Å². The highest BCUT2D eigenvalue weighted by Crippen LogP contribution is 2.24. The predicted octanol–water partition coefficient (Wildman–Crippen LogP) is 3.00. The monoisotopic (exact) mass is 438 g/mol. The molecule has 0 atom stereocenters. The second-order valence-corrected chi connectivity index (χ2v) is 8.59. The number of amides is 2. The zero-order valence-corrected chi connectivity index (χ0v) is 18.4. The molecular weight excluding hydrogens is 416 g/mol. The van der Waals surface area contributed by atoms with Gasteiger partial charge < -0.3 is 9.80 Å². The van der Waals surface area contributed by atoms with Crippen LogP contribution in [0.2, 0.25) is 5.02 Å². The van der Waals surface area contributed by atoms with Crippen molar-refractivity contribution in [3.63, 3.8) is 0 Å². The van der Waals surface area contributed by atoms with Crippen LogP contribution < -0.4 is 0 Å². The molecule has 0 unspecified atom stereocenters. The number of carbonyl (C=O) groups is 2. The van der Waals surface area contributed by atoms with E-state index in [1.807, 2.05) is 45.0 Å². The minimum atomic E-state index is -0.587. The van der Waals surface area contributed by atoms with E-state index in [-0.39, 0.29) is 17.6 Å². The predicted molar refractivity (Wildman–Crippen MR) is 116 cm³/mol. The van der Waals surface area contributed by atoms with Gasteiger partial charge >= 0.3 is 0 Å². The van der Waals surface area contributed by atoms with E-state index in [1.54, 1.807) is 28.0 Å². The number of piperazine rings is 1. The maximum absolute atomic E-state index is 13.2. The Bertz CT molecular complexity index is 1140. The summed E-state index contributed by atoms with van der Waals surface area (Å²) < 4.78 is 1.52. The first-order valence-corrected chi connectivity index (χ1v) is 10.3. The lowest BCUT2D eigenvalue weighted by molar-refractivity contribution is 0.0158. The lowest BCUT2D eigenvalue weighted by Gasteiger charge is -2.46. The Balaban J connectivity index is 1.50. The number of benzene rings is 1. The van der Waals surface area contributed by atoms with Crippen LogP contribution in [0, 0.1) is 6.92 Å². The maximum atomic E-state index is 13.2. The summed E-state index contributed by atoms with van der Waals surface area (Å²) in [7, 11) is 0. The van der Waals surface area contributed by atoms with Crippen LogP contribution in [-0.2, 0) is 0 Å². The van der Waals surface area contributed by atoms with E-state index in [4.69, 9.17) is 11.6 Å². The molecule has 9 heteroatoms. The summed E-state index contributed by atoms with van der Waals surface area (Å²) in [6.07, 6.45) is 1.50. The minimum Gasteiger partial charge on any atom is -0.333 e. The summed E-state index contributed by atoms with van der Waals surface area (Å²) in [5.41, 5.74) is 1.34. The Morgan fingerprint density at radius 1 is 1.06 bits per heavy atom. The molecule has 31 heavy (non-hydrogen) atoms. The van der Waals surface area contributed by atoms with Crippen LogP contribution in [0.4, 0.5) is 0 Å². The minimum absolute atomic E-state index is 0.105. The van der Waals surface area contributed by atoms with Gasteiger partial charge in [-0.2, -0.15) is 0 Å². The van der Waals surface area contributed by atoms with Crippen molar-refractivity contribution in [3.8, 4) is 5.69 Å². The highest BCUT2D eigenvalue weighted by Gasteiger charge is 2.40. The third kappa shape index (κ3) is 4.29. The van der Waals surface area contributed by atoms with Gasteiger partial charge in [-0.25, -0.2) is 14.6 Å². The quantitative estimate of drug-likeness (QED) is 0.627. The van der Waals surface area contributed by atoms with E-state index in [0.29, 0.717) is 30.4 Å². The Labute approximate surface area is 185 Å². The summed E-state index contributed by atoms with van der Waals surface area (Å²) in [6.45, 7) is 6.91. The number of aryl methyl sites for hydroxylation is 1. The summed E-state index contributed by atoms with van der Waals surface area (Å²) >= 11 is 6.04. The number of rotatable bonds is 3. The zero-order valence-electron chi connectivity index (χ0n) is 17.6. The van der Waals surface area contributed by atoms with Gasteiger partial charge in [0.2, 0.25) is 5.82 Å². The smallest absolute Gasteiger partial charge is 0.294 e. The Kier molecular flexibility index (Phi) is 5.49. The first kappa shape index (κ1) is 21.0. The number of nitrogens with zero attached hydrogens (tertiary/aromatic N) is 6. The summed E-state index contributed by atoms with van der Waals surface area (Å²) in [6, 6.07) is 12.6. The second kappa shape index (κ2) is 8.11. The van der Waals surface area contributed by atoms with Crippen molar-refractivity contribution in [3.05, 3.63) is 71.0 Å². The van der Waals surface area contributed by atoms with E-state index >= 15 is 0 Å². The number of hydrogen-bond donors (Lipinski definition) is 0. The van der Waals surface area contributed by atoms with Crippen LogP contribution in [0.25, 0.3) is 5.69 Å². The first-order valence-electron chi connectivity index (χ1n) is 9.97. The van der Waals surface area contributed by atoms with Crippen LogP contribution in [-0.4, -0.2) is 66.5 Å². The molecule has 1 aromatic carbocycles. The van der Waals surface area contributed by atoms with Crippen LogP contribution in [0.15, 0.2) is 48.8 Å². The molecule has 0 radical (unpaired) electrons. The average Bonchev–Trinajstić information content (AvgIpc) is 3.22. The van der Waals surface area contributed by atoms with Gasteiger partial charge in [0.05, 0.1) is 11.2 Å². The highest BCUT2D eigenvalue weighted by molar-refractivity contribution is 6.30. The molecule has 1 fully saturated rings. The molecule has 8 nitrogen and oxygen atoms in total. The molecule has 2 aromatic heterocycles. The molecule has 1 aliphatic heterocycles. The molecule has 1 saturated heterocycles. The number of hydrogen-bond acceptors (Lipinski definition) is 5. The lowest BCUT2D eigenvalue weighted by Crippen LogP contribution is -2.62. The number of carbonyl (C=O) groups excluding carboxylic acids is 2. The zero-order chi connectivity index (χ0) is 22.2. The molecule has 0 aliphatic carbocycles. The fourth-order valence-corrected chi connectivity index (χ4v) is 3.94. The van der Waals surface area contributed by atoms with Crippen molar-refractivity contribution >= 4 is 23.4 Å². The van der Waals surface area contributed by atoms with Crippen LogP contribution in [0.3, 0.4) is 0 Å². The normalized spacial score (nSPS) is 15.7. The van der Waals surface area contributed by atoms with Gasteiger partial charge in [-0.1, -0.05) is 23.7 Å². The van der Waals surface area contributed by atoms with Gasteiger partial charge in [-0.05, 0) is 51.1 Å². The number of halogens is 1. The van der Waals surface area contributed by atoms with Gasteiger partial charge in [0.1, 0.15) is 12.0 Å². The van der Waals surface area contributed by atoms with Crippen LogP contribution >= 0.6 is 11.6 Å². The summed E-state index contributed by atoms with van der Waals surface area (Å²) in [5.74, 6) is -0.299. The maximum Gasteiger partial charge on any atom is 0.294 e. The molecule has 0 saturated carbocycles. The standard InChI is InChI=1S/C22H23ClN6O2/c1-15-6-4-9-18(25-15)20(30)27-10-11-28(22(2,3)13-27)21(31)19-24-14-29(26-19)17-8-5-7-16(23)12-17/h4-9,12,14H,10-11,13H2,1-3H3. The molecule has 160 valence electrons. The molecule has 2 amide bonds. The van der Waals surface area contributed by atoms with Gasteiger partial charge in [0.25, 0.3) is 11.8 Å². The number of aromatic nitrogens is 4. The van der Waals surface area contributed by atoms with Crippen molar-refractivity contribution in [2.75, 3.05) is 19.6 Å². The first-order chi connectivity index (χ1) is 14.7. The van der Waals surface area contributed by atoms with E-state index in [2.05, 4.69) is 15.1 Å². The molecule has 4 rings (SSSR count). The van der Waals surface area contributed by atoms with Gasteiger partial charge in [0.15, 0.2) is 0 Å². The molecule has 1 aliphatic rings. The molecule has 3 heterocycles. The molecule has 0 bridgehead atoms. The van der Waals surface area contributed by atoms with Gasteiger partial charge in [-0.3, -0.25) is 9.59 Å². The second-order valence-electron chi connectivity index (χ2n) is 8.15. The topological polar surface area (TPSA) is 84.2 Å². The van der Waals surface area contributed by atoms with Gasteiger partial charge in [-0.15, -0.1) is 5.10 Å². The van der Waals surface area contributed by atoms with Crippen LogP contribution in [0.1, 0.15) is 40.6 Å². The van der Waals surface area contributed by atoms with E-state index in [1.165, 1.54) is 11.0 Å². The summed E-state index contributed by atoms with van der Waals surface area (Å²) in [5, 5.41) is 4.91. The van der Waals surface area contributed by atoms with Crippen molar-refractivity contribution in [2.45, 2.75) is 26.3 Å². The fourth-order valence-electron chi connectivity index (χ4n) is 3.75. The van der Waals surface area contributed by atoms with Gasteiger partial charge in [0, 0.05) is 30.4 Å². The van der Waals surface area contributed by atoms with Crippen molar-refractivity contribution in [1.29, 1.82) is 0 Å². The van der Waals surface area contributed by atoms with E-state index in [0.717, 1.165) is 11.4 Å². The van der Waals surface area contributed by atoms with E-state index in [9.17, 15) is 9.59 Å². The lowest BCUT2D eigenvalue weighted by atomic mass is 9.98.